The molecule has 0 aliphatic rings. The standard InChI is InChI=1S/C23H23N3O3/c1-15(2)16-4-6-18(7-5-16)26-23(28)21-14-17(12-13-24-21)22(27)25-19-8-10-20(29-3)11-9-19/h4-15H,1-3H3,(H,25,27)(H,26,28). The maximum Gasteiger partial charge on any atom is 0.274 e. The molecule has 0 atom stereocenters. The van der Waals surface area contributed by atoms with Gasteiger partial charge in [-0.2, -0.15) is 0 Å². The van der Waals surface area contributed by atoms with Gasteiger partial charge in [-0.1, -0.05) is 26.0 Å². The molecule has 2 N–H and O–H groups in total. The third kappa shape index (κ3) is 5.19. The first-order chi connectivity index (χ1) is 14.0. The normalized spacial score (nSPS) is 10.5. The maximum absolute atomic E-state index is 12.5. The second-order valence-electron chi connectivity index (χ2n) is 6.84. The van der Waals surface area contributed by atoms with Crippen molar-refractivity contribution in [2.45, 2.75) is 19.8 Å². The molecule has 2 amide bonds. The first-order valence-electron chi connectivity index (χ1n) is 9.29. The van der Waals surface area contributed by atoms with Crippen LogP contribution in [-0.4, -0.2) is 23.9 Å². The highest BCUT2D eigenvalue weighted by atomic mass is 16.5. The van der Waals surface area contributed by atoms with Crippen molar-refractivity contribution in [2.75, 3.05) is 17.7 Å². The van der Waals surface area contributed by atoms with Gasteiger partial charge < -0.3 is 15.4 Å². The number of benzene rings is 2. The lowest BCUT2D eigenvalue weighted by Gasteiger charge is -2.09. The van der Waals surface area contributed by atoms with E-state index < -0.39 is 0 Å². The summed E-state index contributed by atoms with van der Waals surface area (Å²) in [6.45, 7) is 4.22. The van der Waals surface area contributed by atoms with Crippen molar-refractivity contribution < 1.29 is 14.3 Å². The van der Waals surface area contributed by atoms with Crippen LogP contribution >= 0.6 is 0 Å². The third-order valence-corrected chi connectivity index (χ3v) is 4.44. The summed E-state index contributed by atoms with van der Waals surface area (Å²) in [6.07, 6.45) is 1.44. The van der Waals surface area contributed by atoms with Crippen LogP contribution in [0.5, 0.6) is 5.75 Å². The van der Waals surface area contributed by atoms with E-state index in [1.807, 2.05) is 24.3 Å². The number of nitrogens with zero attached hydrogens (tertiary/aromatic N) is 1. The Morgan fingerprint density at radius 2 is 1.45 bits per heavy atom. The Bertz CT molecular complexity index is 997. The second-order valence-corrected chi connectivity index (χ2v) is 6.84. The van der Waals surface area contributed by atoms with Gasteiger partial charge in [0.05, 0.1) is 7.11 Å². The number of methoxy groups -OCH3 is 1. The molecule has 0 aliphatic heterocycles. The number of ether oxygens (including phenoxy) is 1. The van der Waals surface area contributed by atoms with Crippen molar-refractivity contribution in [1.29, 1.82) is 0 Å². The number of amides is 2. The van der Waals surface area contributed by atoms with E-state index in [-0.39, 0.29) is 17.5 Å². The van der Waals surface area contributed by atoms with E-state index in [2.05, 4.69) is 29.5 Å². The molecule has 0 saturated carbocycles. The van der Waals surface area contributed by atoms with Crippen LogP contribution in [0.1, 0.15) is 46.2 Å². The monoisotopic (exact) mass is 389 g/mol. The fraction of sp³-hybridized carbons (Fsp3) is 0.174. The van der Waals surface area contributed by atoms with Crippen LogP contribution in [0, 0.1) is 0 Å². The molecule has 0 spiro atoms. The molecule has 3 rings (SSSR count). The quantitative estimate of drug-likeness (QED) is 0.639. The van der Waals surface area contributed by atoms with Gasteiger partial charge in [-0.15, -0.1) is 0 Å². The minimum atomic E-state index is -0.374. The SMILES string of the molecule is COc1ccc(NC(=O)c2ccnc(C(=O)Nc3ccc(C(C)C)cc3)c2)cc1. The van der Waals surface area contributed by atoms with E-state index >= 15 is 0 Å². The number of anilines is 2. The summed E-state index contributed by atoms with van der Waals surface area (Å²) < 4.78 is 5.10. The Morgan fingerprint density at radius 3 is 2.03 bits per heavy atom. The summed E-state index contributed by atoms with van der Waals surface area (Å²) in [5.74, 6) is 0.420. The lowest BCUT2D eigenvalue weighted by atomic mass is 10.0. The van der Waals surface area contributed by atoms with Crippen molar-refractivity contribution >= 4 is 23.2 Å². The highest BCUT2D eigenvalue weighted by Gasteiger charge is 2.13. The van der Waals surface area contributed by atoms with Gasteiger partial charge in [0, 0.05) is 23.1 Å². The van der Waals surface area contributed by atoms with Gasteiger partial charge >= 0.3 is 0 Å². The maximum atomic E-state index is 12.5. The number of nitrogens with one attached hydrogen (secondary N) is 2. The summed E-state index contributed by atoms with van der Waals surface area (Å²) >= 11 is 0. The zero-order valence-corrected chi connectivity index (χ0v) is 16.6. The minimum Gasteiger partial charge on any atom is -0.497 e. The fourth-order valence-corrected chi connectivity index (χ4v) is 2.72. The Hall–Kier alpha value is -3.67. The Balaban J connectivity index is 1.68. The van der Waals surface area contributed by atoms with E-state index in [1.165, 1.54) is 17.8 Å². The summed E-state index contributed by atoms with van der Waals surface area (Å²) in [4.78, 5) is 29.1. The first-order valence-corrected chi connectivity index (χ1v) is 9.29. The highest BCUT2D eigenvalue weighted by molar-refractivity contribution is 6.07. The zero-order chi connectivity index (χ0) is 20.8. The third-order valence-electron chi connectivity index (χ3n) is 4.44. The number of hydrogen-bond donors (Lipinski definition) is 2. The summed E-state index contributed by atoms with van der Waals surface area (Å²) in [7, 11) is 1.58. The van der Waals surface area contributed by atoms with Crippen molar-refractivity contribution in [3.8, 4) is 5.75 Å². The van der Waals surface area contributed by atoms with Crippen LogP contribution in [0.4, 0.5) is 11.4 Å². The van der Waals surface area contributed by atoms with E-state index in [9.17, 15) is 9.59 Å². The Kier molecular flexibility index (Phi) is 6.24. The number of aromatic nitrogens is 1. The predicted molar refractivity (Wildman–Crippen MR) is 114 cm³/mol. The van der Waals surface area contributed by atoms with E-state index in [0.29, 0.717) is 28.6 Å². The van der Waals surface area contributed by atoms with E-state index in [1.54, 1.807) is 37.4 Å². The van der Waals surface area contributed by atoms with Crippen molar-refractivity contribution in [3.63, 3.8) is 0 Å². The van der Waals surface area contributed by atoms with Crippen LogP contribution < -0.4 is 15.4 Å². The van der Waals surface area contributed by atoms with Gasteiger partial charge in [-0.3, -0.25) is 14.6 Å². The molecular formula is C23H23N3O3. The van der Waals surface area contributed by atoms with Crippen LogP contribution in [0.3, 0.4) is 0 Å². The van der Waals surface area contributed by atoms with Crippen LogP contribution in [0.2, 0.25) is 0 Å². The second kappa shape index (κ2) is 9.01. The van der Waals surface area contributed by atoms with E-state index in [4.69, 9.17) is 4.74 Å². The molecule has 0 bridgehead atoms. The zero-order valence-electron chi connectivity index (χ0n) is 16.6. The van der Waals surface area contributed by atoms with Crippen LogP contribution in [0.15, 0.2) is 66.9 Å². The van der Waals surface area contributed by atoms with Crippen LogP contribution in [-0.2, 0) is 0 Å². The molecule has 0 radical (unpaired) electrons. The topological polar surface area (TPSA) is 80.3 Å². The average Bonchev–Trinajstić information content (AvgIpc) is 2.74. The van der Waals surface area contributed by atoms with Crippen molar-refractivity contribution in [1.82, 2.24) is 4.98 Å². The number of hydrogen-bond acceptors (Lipinski definition) is 4. The van der Waals surface area contributed by atoms with Gasteiger partial charge in [-0.25, -0.2) is 0 Å². The van der Waals surface area contributed by atoms with Gasteiger partial charge in [0.2, 0.25) is 0 Å². The number of carbonyl (C=O) groups is 2. The average molecular weight is 389 g/mol. The molecule has 1 heterocycles. The molecule has 6 nitrogen and oxygen atoms in total. The minimum absolute atomic E-state index is 0.167. The van der Waals surface area contributed by atoms with Crippen molar-refractivity contribution in [3.05, 3.63) is 83.7 Å². The molecule has 2 aromatic carbocycles. The Labute approximate surface area is 169 Å². The summed E-state index contributed by atoms with van der Waals surface area (Å²) in [5, 5.41) is 5.59. The molecule has 29 heavy (non-hydrogen) atoms. The molecular weight excluding hydrogens is 366 g/mol. The van der Waals surface area contributed by atoms with Gasteiger partial charge in [0.25, 0.3) is 11.8 Å². The van der Waals surface area contributed by atoms with Gasteiger partial charge in [-0.05, 0) is 60.0 Å². The fourth-order valence-electron chi connectivity index (χ4n) is 2.72. The molecule has 148 valence electrons. The molecule has 0 saturated heterocycles. The molecule has 0 aliphatic carbocycles. The van der Waals surface area contributed by atoms with Gasteiger partial charge in [0.1, 0.15) is 11.4 Å². The number of rotatable bonds is 6. The molecule has 1 aromatic heterocycles. The predicted octanol–water partition coefficient (Wildman–Crippen LogP) is 4.72. The summed E-state index contributed by atoms with van der Waals surface area (Å²) in [6, 6.07) is 17.7. The molecule has 6 heteroatoms. The van der Waals surface area contributed by atoms with Crippen LogP contribution in [0.25, 0.3) is 0 Å². The number of pyridine rings is 1. The highest BCUT2D eigenvalue weighted by Crippen LogP contribution is 2.18. The first kappa shape index (κ1) is 20.1. The lowest BCUT2D eigenvalue weighted by Crippen LogP contribution is -2.17. The lowest BCUT2D eigenvalue weighted by molar-refractivity contribution is 0.102. The van der Waals surface area contributed by atoms with Gasteiger partial charge in [0.15, 0.2) is 0 Å². The summed E-state index contributed by atoms with van der Waals surface area (Å²) in [5.41, 5.74) is 3.01. The Morgan fingerprint density at radius 1 is 0.862 bits per heavy atom. The molecule has 0 fully saturated rings. The largest absolute Gasteiger partial charge is 0.497 e. The molecule has 0 unspecified atom stereocenters. The van der Waals surface area contributed by atoms with E-state index in [0.717, 1.165) is 0 Å². The molecule has 3 aromatic rings. The smallest absolute Gasteiger partial charge is 0.274 e. The van der Waals surface area contributed by atoms with Crippen molar-refractivity contribution in [2.24, 2.45) is 0 Å². The number of carbonyl (C=O) groups excluding carboxylic acids is 2.